The molecule has 1 fully saturated rings. The summed E-state index contributed by atoms with van der Waals surface area (Å²) < 4.78 is 2.18. The molecule has 7 heteroatoms. The Morgan fingerprint density at radius 1 is 1.13 bits per heavy atom. The second-order valence-corrected chi connectivity index (χ2v) is 8.33. The van der Waals surface area contributed by atoms with Crippen molar-refractivity contribution in [1.82, 2.24) is 19.8 Å². The molecule has 31 heavy (non-hydrogen) atoms. The van der Waals surface area contributed by atoms with Crippen molar-refractivity contribution in [2.24, 2.45) is 7.05 Å². The van der Waals surface area contributed by atoms with Crippen LogP contribution in [0.5, 0.6) is 0 Å². The average molecular weight is 434 g/mol. The van der Waals surface area contributed by atoms with Crippen LogP contribution in [0.2, 0.25) is 0 Å². The number of carbonyl (C=O) groups excluding carboxylic acids is 1. The summed E-state index contributed by atoms with van der Waals surface area (Å²) in [5.74, 6) is -0.0326. The summed E-state index contributed by atoms with van der Waals surface area (Å²) in [6, 6.07) is 17.8. The molecule has 0 spiro atoms. The average Bonchev–Trinajstić information content (AvgIpc) is 3.27. The molecule has 2 atom stereocenters. The third kappa shape index (κ3) is 4.46. The fourth-order valence-electron chi connectivity index (χ4n) is 3.98. The Morgan fingerprint density at radius 3 is 2.55 bits per heavy atom. The van der Waals surface area contributed by atoms with Gasteiger partial charge < -0.3 is 20.1 Å². The van der Waals surface area contributed by atoms with Crippen molar-refractivity contribution in [3.8, 4) is 0 Å². The van der Waals surface area contributed by atoms with Crippen LogP contribution in [-0.4, -0.2) is 32.0 Å². The summed E-state index contributed by atoms with van der Waals surface area (Å²) in [5, 5.41) is 7.05. The molecule has 6 nitrogen and oxygen atoms in total. The van der Waals surface area contributed by atoms with Crippen molar-refractivity contribution in [1.29, 1.82) is 0 Å². The molecule has 0 radical (unpaired) electrons. The van der Waals surface area contributed by atoms with E-state index in [2.05, 4.69) is 51.2 Å². The largest absolute Gasteiger partial charge is 0.352 e. The highest BCUT2D eigenvalue weighted by Gasteiger charge is 2.41. The molecular formula is C24H27N5OS. The SMILES string of the molecule is Cc1ccc(NC(=O)CCN2C(=S)N[C@H](c3ccccn3)[C@H]2c2ccc(C)n2C)cc1. The highest BCUT2D eigenvalue weighted by molar-refractivity contribution is 7.80. The van der Waals surface area contributed by atoms with Gasteiger partial charge in [0.2, 0.25) is 5.91 Å². The maximum Gasteiger partial charge on any atom is 0.226 e. The molecule has 1 amide bonds. The molecule has 1 aromatic carbocycles. The Kier molecular flexibility index (Phi) is 6.04. The lowest BCUT2D eigenvalue weighted by Crippen LogP contribution is -2.33. The highest BCUT2D eigenvalue weighted by Crippen LogP contribution is 2.38. The van der Waals surface area contributed by atoms with E-state index in [1.54, 1.807) is 6.20 Å². The van der Waals surface area contributed by atoms with E-state index in [9.17, 15) is 4.79 Å². The predicted molar refractivity (Wildman–Crippen MR) is 127 cm³/mol. The van der Waals surface area contributed by atoms with Gasteiger partial charge in [-0.25, -0.2) is 0 Å². The van der Waals surface area contributed by atoms with Crippen LogP contribution in [0.25, 0.3) is 0 Å². The molecular weight excluding hydrogens is 406 g/mol. The molecule has 1 aliphatic rings. The molecule has 2 N–H and O–H groups in total. The maximum absolute atomic E-state index is 12.6. The van der Waals surface area contributed by atoms with Gasteiger partial charge in [0.15, 0.2) is 5.11 Å². The van der Waals surface area contributed by atoms with Gasteiger partial charge in [-0.2, -0.15) is 0 Å². The van der Waals surface area contributed by atoms with Gasteiger partial charge in [-0.1, -0.05) is 23.8 Å². The first-order chi connectivity index (χ1) is 14.9. The standard InChI is InChI=1S/C24H27N5OS/c1-16-7-10-18(11-8-16)26-21(30)13-15-29-23(20-12-9-17(2)28(20)3)22(27-24(29)31)19-6-4-5-14-25-19/h4-12,14,22-23H,13,15H2,1-3H3,(H,26,30)(H,27,31)/t22-,23-/m1/s1. The molecule has 2 aromatic heterocycles. The van der Waals surface area contributed by atoms with Crippen LogP contribution in [0.4, 0.5) is 5.69 Å². The van der Waals surface area contributed by atoms with Gasteiger partial charge in [-0.3, -0.25) is 9.78 Å². The number of hydrogen-bond acceptors (Lipinski definition) is 3. The van der Waals surface area contributed by atoms with Crippen molar-refractivity contribution < 1.29 is 4.79 Å². The third-order valence-electron chi connectivity index (χ3n) is 5.83. The summed E-state index contributed by atoms with van der Waals surface area (Å²) in [4.78, 5) is 19.3. The molecule has 0 aliphatic carbocycles. The fraction of sp³-hybridized carbons (Fsp3) is 0.292. The van der Waals surface area contributed by atoms with Gasteiger partial charge in [-0.05, 0) is 62.5 Å². The number of carbonyl (C=O) groups is 1. The van der Waals surface area contributed by atoms with Crippen molar-refractivity contribution in [2.45, 2.75) is 32.4 Å². The van der Waals surface area contributed by atoms with Crippen molar-refractivity contribution in [3.63, 3.8) is 0 Å². The van der Waals surface area contributed by atoms with Gasteiger partial charge >= 0.3 is 0 Å². The third-order valence-corrected chi connectivity index (χ3v) is 6.18. The molecule has 1 aliphatic heterocycles. The van der Waals surface area contributed by atoms with Gasteiger partial charge in [0.25, 0.3) is 0 Å². The quantitative estimate of drug-likeness (QED) is 0.575. The smallest absolute Gasteiger partial charge is 0.226 e. The first-order valence-corrected chi connectivity index (χ1v) is 10.8. The monoisotopic (exact) mass is 433 g/mol. The second kappa shape index (κ2) is 8.89. The topological polar surface area (TPSA) is 62.2 Å². The lowest BCUT2D eigenvalue weighted by atomic mass is 10.0. The van der Waals surface area contributed by atoms with Crippen LogP contribution in [-0.2, 0) is 11.8 Å². The number of aryl methyl sites for hydroxylation is 2. The van der Waals surface area contributed by atoms with Crippen LogP contribution in [0.1, 0.15) is 41.1 Å². The number of hydrogen-bond donors (Lipinski definition) is 2. The Morgan fingerprint density at radius 2 is 1.90 bits per heavy atom. The number of amides is 1. The maximum atomic E-state index is 12.6. The summed E-state index contributed by atoms with van der Waals surface area (Å²) in [7, 11) is 2.06. The molecule has 3 aromatic rings. The van der Waals surface area contributed by atoms with Gasteiger partial charge in [-0.15, -0.1) is 0 Å². The Balaban J connectivity index is 1.54. The van der Waals surface area contributed by atoms with Crippen molar-refractivity contribution >= 4 is 28.9 Å². The zero-order valence-corrected chi connectivity index (χ0v) is 18.8. The molecule has 4 rings (SSSR count). The number of nitrogens with one attached hydrogen (secondary N) is 2. The Labute approximate surface area is 188 Å². The molecule has 1 saturated heterocycles. The van der Waals surface area contributed by atoms with Crippen LogP contribution >= 0.6 is 12.2 Å². The molecule has 0 saturated carbocycles. The van der Waals surface area contributed by atoms with Crippen molar-refractivity contribution in [2.75, 3.05) is 11.9 Å². The number of aromatic nitrogens is 2. The number of rotatable bonds is 6. The number of nitrogens with zero attached hydrogens (tertiary/aromatic N) is 3. The zero-order chi connectivity index (χ0) is 22.0. The van der Waals surface area contributed by atoms with Crippen LogP contribution in [0.15, 0.2) is 60.8 Å². The summed E-state index contributed by atoms with van der Waals surface area (Å²) >= 11 is 5.69. The van der Waals surface area contributed by atoms with Crippen LogP contribution < -0.4 is 10.6 Å². The van der Waals surface area contributed by atoms with Gasteiger partial charge in [0.05, 0.1) is 17.8 Å². The van der Waals surface area contributed by atoms with E-state index < -0.39 is 0 Å². The van der Waals surface area contributed by atoms with Crippen molar-refractivity contribution in [3.05, 3.63) is 83.4 Å². The lowest BCUT2D eigenvalue weighted by molar-refractivity contribution is -0.116. The first kappa shape index (κ1) is 21.1. The van der Waals surface area contributed by atoms with Crippen LogP contribution in [0, 0.1) is 13.8 Å². The first-order valence-electron chi connectivity index (χ1n) is 10.4. The number of thiocarbonyl (C=S) groups is 1. The summed E-state index contributed by atoms with van der Waals surface area (Å²) in [6.07, 6.45) is 2.13. The summed E-state index contributed by atoms with van der Waals surface area (Å²) in [6.45, 7) is 4.62. The minimum absolute atomic E-state index is 0.0326. The number of anilines is 1. The number of benzene rings is 1. The van der Waals surface area contributed by atoms with E-state index in [1.807, 2.05) is 49.4 Å². The van der Waals surface area contributed by atoms with Gasteiger partial charge in [0, 0.05) is 43.3 Å². The van der Waals surface area contributed by atoms with E-state index in [1.165, 1.54) is 5.69 Å². The minimum atomic E-state index is -0.0816. The zero-order valence-electron chi connectivity index (χ0n) is 18.0. The molecule has 160 valence electrons. The molecule has 0 bridgehead atoms. The molecule has 3 heterocycles. The van der Waals surface area contributed by atoms with E-state index >= 15 is 0 Å². The highest BCUT2D eigenvalue weighted by atomic mass is 32.1. The minimum Gasteiger partial charge on any atom is -0.352 e. The normalized spacial score (nSPS) is 18.2. The number of pyridine rings is 1. The van der Waals surface area contributed by atoms with E-state index in [0.29, 0.717) is 18.1 Å². The van der Waals surface area contributed by atoms with E-state index in [-0.39, 0.29) is 18.0 Å². The second-order valence-electron chi connectivity index (χ2n) is 7.94. The Bertz CT molecular complexity index is 1080. The van der Waals surface area contributed by atoms with Gasteiger partial charge in [0.1, 0.15) is 0 Å². The Hall–Kier alpha value is -3.19. The predicted octanol–water partition coefficient (Wildman–Crippen LogP) is 4.04. The van der Waals surface area contributed by atoms with Crippen LogP contribution in [0.3, 0.4) is 0 Å². The lowest BCUT2D eigenvalue weighted by Gasteiger charge is -2.28. The molecule has 0 unspecified atom stereocenters. The van der Waals surface area contributed by atoms with E-state index in [4.69, 9.17) is 12.2 Å². The van der Waals surface area contributed by atoms with E-state index in [0.717, 1.165) is 22.6 Å². The summed E-state index contributed by atoms with van der Waals surface area (Å²) in [5.41, 5.74) is 5.20. The fourth-order valence-corrected chi connectivity index (χ4v) is 4.31.